The van der Waals surface area contributed by atoms with Crippen molar-refractivity contribution in [2.75, 3.05) is 29.4 Å². The smallest absolute Gasteiger partial charge is 0.344 e. The summed E-state index contributed by atoms with van der Waals surface area (Å²) in [6.45, 7) is 2.41. The summed E-state index contributed by atoms with van der Waals surface area (Å²) in [5.41, 5.74) is -0.00858. The number of alkyl halides is 3. The number of fused-ring (bicyclic) bond motifs is 3. The Balaban J connectivity index is 1.80. The second kappa shape index (κ2) is 4.00. The minimum absolute atomic E-state index is 0.113. The summed E-state index contributed by atoms with van der Waals surface area (Å²) in [5.74, 6) is 0.705. The Hall–Kier alpha value is -1.50. The van der Waals surface area contributed by atoms with Crippen LogP contribution in [-0.4, -0.2) is 36.8 Å². The maximum atomic E-state index is 12.9. The van der Waals surface area contributed by atoms with Gasteiger partial charge in [-0.25, -0.2) is 4.98 Å². The first-order chi connectivity index (χ1) is 9.55. The molecule has 2 fully saturated rings. The molecule has 3 heterocycles. The van der Waals surface area contributed by atoms with Gasteiger partial charge in [0.25, 0.3) is 0 Å². The third-order valence-corrected chi connectivity index (χ3v) is 4.20. The molecular formula is C13H15F3N4. The van der Waals surface area contributed by atoms with Crippen molar-refractivity contribution in [3.8, 4) is 0 Å². The molecular weight excluding hydrogens is 269 g/mol. The zero-order valence-corrected chi connectivity index (χ0v) is 10.8. The molecule has 108 valence electrons. The van der Waals surface area contributed by atoms with E-state index >= 15 is 0 Å². The van der Waals surface area contributed by atoms with E-state index in [0.717, 1.165) is 38.7 Å². The summed E-state index contributed by atoms with van der Waals surface area (Å²) in [4.78, 5) is 8.36. The van der Waals surface area contributed by atoms with E-state index < -0.39 is 11.7 Å². The zero-order valence-electron chi connectivity index (χ0n) is 10.8. The molecule has 1 aromatic rings. The molecule has 4 rings (SSSR count). The molecule has 0 bridgehead atoms. The van der Waals surface area contributed by atoms with Crippen LogP contribution in [0.15, 0.2) is 12.3 Å². The minimum Gasteiger partial charge on any atom is -0.344 e. The maximum Gasteiger partial charge on any atom is 0.417 e. The van der Waals surface area contributed by atoms with Gasteiger partial charge in [0.2, 0.25) is 0 Å². The summed E-state index contributed by atoms with van der Waals surface area (Å²) in [6, 6.07) is 1.63. The summed E-state index contributed by atoms with van der Waals surface area (Å²) in [6.07, 6.45) is -1.16. The highest BCUT2D eigenvalue weighted by Gasteiger charge is 2.46. The normalized spacial score (nSPS) is 25.6. The molecule has 1 atom stereocenters. The highest BCUT2D eigenvalue weighted by Crippen LogP contribution is 2.46. The average molecular weight is 284 g/mol. The molecule has 1 unspecified atom stereocenters. The fourth-order valence-corrected chi connectivity index (χ4v) is 3.15. The molecule has 1 saturated carbocycles. The molecule has 3 aliphatic rings. The van der Waals surface area contributed by atoms with E-state index in [4.69, 9.17) is 0 Å². The van der Waals surface area contributed by atoms with Gasteiger partial charge in [0.1, 0.15) is 6.17 Å². The van der Waals surface area contributed by atoms with Crippen molar-refractivity contribution in [1.82, 2.24) is 10.3 Å². The van der Waals surface area contributed by atoms with Crippen molar-refractivity contribution in [3.05, 3.63) is 17.8 Å². The fraction of sp³-hybridized carbons (Fsp3) is 0.615. The van der Waals surface area contributed by atoms with Crippen molar-refractivity contribution in [2.45, 2.75) is 31.2 Å². The van der Waals surface area contributed by atoms with Crippen LogP contribution in [0, 0.1) is 0 Å². The van der Waals surface area contributed by atoms with Crippen LogP contribution >= 0.6 is 0 Å². The SMILES string of the molecule is FC(F)(F)c1cnc2c(c1)N(C1CC1)C1CNCCN21. The Morgan fingerprint density at radius 2 is 2.10 bits per heavy atom. The third kappa shape index (κ3) is 1.76. The Morgan fingerprint density at radius 3 is 2.80 bits per heavy atom. The quantitative estimate of drug-likeness (QED) is 0.852. The number of halogens is 3. The summed E-state index contributed by atoms with van der Waals surface area (Å²) in [5, 5.41) is 3.32. The van der Waals surface area contributed by atoms with Crippen LogP contribution < -0.4 is 15.1 Å². The molecule has 1 aliphatic carbocycles. The van der Waals surface area contributed by atoms with E-state index in [1.807, 2.05) is 0 Å². The van der Waals surface area contributed by atoms with Crippen LogP contribution in [-0.2, 0) is 6.18 Å². The number of nitrogens with zero attached hydrogens (tertiary/aromatic N) is 3. The van der Waals surface area contributed by atoms with E-state index in [1.165, 1.54) is 6.07 Å². The number of aromatic nitrogens is 1. The van der Waals surface area contributed by atoms with E-state index in [2.05, 4.69) is 20.1 Å². The van der Waals surface area contributed by atoms with Crippen LogP contribution in [0.1, 0.15) is 18.4 Å². The van der Waals surface area contributed by atoms with Gasteiger partial charge in [-0.2, -0.15) is 13.2 Å². The van der Waals surface area contributed by atoms with E-state index in [-0.39, 0.29) is 6.17 Å². The van der Waals surface area contributed by atoms with E-state index in [1.54, 1.807) is 0 Å². The molecule has 1 aromatic heterocycles. The van der Waals surface area contributed by atoms with Gasteiger partial charge in [-0.15, -0.1) is 0 Å². The predicted molar refractivity (Wildman–Crippen MR) is 68.7 cm³/mol. The Morgan fingerprint density at radius 1 is 1.30 bits per heavy atom. The summed E-state index contributed by atoms with van der Waals surface area (Å²) in [7, 11) is 0. The van der Waals surface area contributed by atoms with Gasteiger partial charge < -0.3 is 15.1 Å². The molecule has 0 spiro atoms. The second-order valence-electron chi connectivity index (χ2n) is 5.58. The number of pyridine rings is 1. The largest absolute Gasteiger partial charge is 0.417 e. The van der Waals surface area contributed by atoms with Crippen LogP contribution in [0.4, 0.5) is 24.7 Å². The van der Waals surface area contributed by atoms with Crippen molar-refractivity contribution < 1.29 is 13.2 Å². The highest BCUT2D eigenvalue weighted by molar-refractivity contribution is 5.76. The lowest BCUT2D eigenvalue weighted by atomic mass is 10.2. The molecule has 7 heteroatoms. The number of rotatable bonds is 1. The monoisotopic (exact) mass is 284 g/mol. The first-order valence-electron chi connectivity index (χ1n) is 6.88. The number of piperazine rings is 1. The third-order valence-electron chi connectivity index (χ3n) is 4.20. The first kappa shape index (κ1) is 12.3. The van der Waals surface area contributed by atoms with Gasteiger partial charge in [0.15, 0.2) is 5.82 Å². The molecule has 1 saturated heterocycles. The molecule has 4 nitrogen and oxygen atoms in total. The lowest BCUT2D eigenvalue weighted by molar-refractivity contribution is -0.137. The van der Waals surface area contributed by atoms with Crippen LogP contribution in [0.5, 0.6) is 0 Å². The van der Waals surface area contributed by atoms with Crippen molar-refractivity contribution in [1.29, 1.82) is 0 Å². The van der Waals surface area contributed by atoms with Crippen LogP contribution in [0.25, 0.3) is 0 Å². The van der Waals surface area contributed by atoms with Crippen LogP contribution in [0.2, 0.25) is 0 Å². The lowest BCUT2D eigenvalue weighted by Crippen LogP contribution is -2.56. The zero-order chi connectivity index (χ0) is 13.9. The number of hydrogen-bond donors (Lipinski definition) is 1. The van der Waals surface area contributed by atoms with Crippen molar-refractivity contribution in [2.24, 2.45) is 0 Å². The van der Waals surface area contributed by atoms with Crippen molar-refractivity contribution in [3.63, 3.8) is 0 Å². The average Bonchev–Trinajstić information content (AvgIpc) is 3.19. The van der Waals surface area contributed by atoms with Gasteiger partial charge in [0, 0.05) is 31.9 Å². The number of hydrogen-bond acceptors (Lipinski definition) is 4. The topological polar surface area (TPSA) is 31.4 Å². The second-order valence-corrected chi connectivity index (χ2v) is 5.58. The minimum atomic E-state index is -4.33. The molecule has 0 aromatic carbocycles. The van der Waals surface area contributed by atoms with Crippen LogP contribution in [0.3, 0.4) is 0 Å². The maximum absolute atomic E-state index is 12.9. The van der Waals surface area contributed by atoms with Gasteiger partial charge in [-0.3, -0.25) is 0 Å². The molecule has 0 amide bonds. The summed E-state index contributed by atoms with van der Waals surface area (Å²) < 4.78 is 38.7. The van der Waals surface area contributed by atoms with Crippen molar-refractivity contribution >= 4 is 11.5 Å². The van der Waals surface area contributed by atoms with Gasteiger partial charge in [-0.1, -0.05) is 0 Å². The fourth-order valence-electron chi connectivity index (χ4n) is 3.15. The molecule has 20 heavy (non-hydrogen) atoms. The lowest BCUT2D eigenvalue weighted by Gasteiger charge is -2.36. The van der Waals surface area contributed by atoms with E-state index in [9.17, 15) is 13.2 Å². The summed E-state index contributed by atoms with van der Waals surface area (Å²) >= 11 is 0. The number of nitrogens with one attached hydrogen (secondary N) is 1. The van der Waals surface area contributed by atoms with E-state index in [0.29, 0.717) is 17.5 Å². The standard InChI is InChI=1S/C13H15F3N4/c14-13(15,16)8-5-10-12(18-6-8)19-4-3-17-7-11(19)20(10)9-1-2-9/h5-6,9,11,17H,1-4,7H2. The molecule has 0 radical (unpaired) electrons. The predicted octanol–water partition coefficient (Wildman–Crippen LogP) is 1.82. The molecule has 2 aliphatic heterocycles. The molecule has 1 N–H and O–H groups in total. The number of anilines is 2. The van der Waals surface area contributed by atoms with Gasteiger partial charge >= 0.3 is 6.18 Å². The van der Waals surface area contributed by atoms with Gasteiger partial charge in [-0.05, 0) is 18.9 Å². The first-order valence-corrected chi connectivity index (χ1v) is 6.88. The highest BCUT2D eigenvalue weighted by atomic mass is 19.4. The Labute approximate surface area is 114 Å². The van der Waals surface area contributed by atoms with Gasteiger partial charge in [0.05, 0.1) is 11.3 Å². The Bertz CT molecular complexity index is 541. The Kier molecular flexibility index (Phi) is 2.45.